The molecule has 0 aliphatic heterocycles. The van der Waals surface area contributed by atoms with Crippen LogP contribution in [0.2, 0.25) is 0 Å². The molecule has 0 spiro atoms. The molecule has 128 valence electrons. The first-order chi connectivity index (χ1) is 12.1. The van der Waals surface area contributed by atoms with Crippen LogP contribution in [0.5, 0.6) is 5.75 Å². The van der Waals surface area contributed by atoms with Gasteiger partial charge in [-0.25, -0.2) is 4.98 Å². The average Bonchev–Trinajstić information content (AvgIpc) is 2.99. The first-order valence-electron chi connectivity index (χ1n) is 8.16. The summed E-state index contributed by atoms with van der Waals surface area (Å²) < 4.78 is 2.10. The molecule has 0 aliphatic carbocycles. The van der Waals surface area contributed by atoms with Crippen molar-refractivity contribution in [1.82, 2.24) is 19.9 Å². The number of para-hydroxylation sites is 2. The van der Waals surface area contributed by atoms with E-state index in [1.54, 1.807) is 12.3 Å². The predicted octanol–water partition coefficient (Wildman–Crippen LogP) is 3.05. The third-order valence-electron chi connectivity index (χ3n) is 3.92. The topological polar surface area (TPSA) is 80.0 Å². The molecule has 3 rings (SSSR count). The number of carbonyl (C=O) groups excluding carboxylic acids is 1. The van der Waals surface area contributed by atoms with E-state index in [9.17, 15) is 9.90 Å². The van der Waals surface area contributed by atoms with E-state index in [-0.39, 0.29) is 17.7 Å². The molecule has 25 heavy (non-hydrogen) atoms. The minimum absolute atomic E-state index is 0.0626. The van der Waals surface area contributed by atoms with Gasteiger partial charge >= 0.3 is 0 Å². The number of aromatic nitrogens is 3. The Balaban J connectivity index is 1.75. The van der Waals surface area contributed by atoms with Gasteiger partial charge in [0.15, 0.2) is 0 Å². The molecule has 0 bridgehead atoms. The molecule has 1 unspecified atom stereocenters. The van der Waals surface area contributed by atoms with Crippen LogP contribution in [0, 0.1) is 0 Å². The molecule has 2 N–H and O–H groups in total. The van der Waals surface area contributed by atoms with Gasteiger partial charge in [0, 0.05) is 18.8 Å². The molecule has 6 heteroatoms. The van der Waals surface area contributed by atoms with Crippen LogP contribution in [0.3, 0.4) is 0 Å². The summed E-state index contributed by atoms with van der Waals surface area (Å²) in [6.07, 6.45) is 5.95. The quantitative estimate of drug-likeness (QED) is 0.702. The van der Waals surface area contributed by atoms with Crippen LogP contribution in [-0.2, 0) is 11.3 Å². The maximum absolute atomic E-state index is 12.2. The van der Waals surface area contributed by atoms with Crippen LogP contribution in [0.4, 0.5) is 0 Å². The van der Waals surface area contributed by atoms with Crippen molar-refractivity contribution in [3.8, 4) is 5.75 Å². The Bertz CT molecular complexity index is 930. The van der Waals surface area contributed by atoms with Crippen molar-refractivity contribution < 1.29 is 9.90 Å². The summed E-state index contributed by atoms with van der Waals surface area (Å²) in [5, 5.41) is 12.3. The molecular weight excluding hydrogens is 316 g/mol. The lowest BCUT2D eigenvalue weighted by molar-refractivity contribution is -0.117. The number of rotatable bonds is 5. The predicted molar refractivity (Wildman–Crippen MR) is 96.9 cm³/mol. The number of hydrogen-bond donors (Lipinski definition) is 2. The number of imidazole rings is 1. The summed E-state index contributed by atoms with van der Waals surface area (Å²) >= 11 is 0. The Morgan fingerprint density at radius 3 is 2.92 bits per heavy atom. The lowest BCUT2D eigenvalue weighted by atomic mass is 10.2. The molecule has 1 aromatic carbocycles. The molecule has 0 saturated heterocycles. The first kappa shape index (κ1) is 16.7. The molecule has 6 nitrogen and oxygen atoms in total. The molecule has 1 amide bonds. The number of hydrogen-bond acceptors (Lipinski definition) is 4. The second-order valence-corrected chi connectivity index (χ2v) is 5.74. The molecule has 0 aliphatic rings. The Morgan fingerprint density at radius 1 is 1.36 bits per heavy atom. The molecule has 2 aromatic heterocycles. The van der Waals surface area contributed by atoms with Gasteiger partial charge in [-0.15, -0.1) is 0 Å². The largest absolute Gasteiger partial charge is 0.506 e. The Kier molecular flexibility index (Phi) is 4.79. The summed E-state index contributed by atoms with van der Waals surface area (Å²) in [4.78, 5) is 20.7. The molecule has 0 saturated carbocycles. The van der Waals surface area contributed by atoms with Crippen molar-refractivity contribution in [2.45, 2.75) is 26.4 Å². The molecule has 1 atom stereocenters. The van der Waals surface area contributed by atoms with Gasteiger partial charge in [-0.3, -0.25) is 9.78 Å². The number of amides is 1. The standard InChI is InChI=1S/C19H20N4O2/c1-3-23-17-7-5-4-6-16(17)22-19(23)13(2)21-18(25)9-8-14-10-15(24)12-20-11-14/h4-13,24H,3H2,1-2H3,(H,21,25). The third-order valence-corrected chi connectivity index (χ3v) is 3.92. The fraction of sp³-hybridized carbons (Fsp3) is 0.211. The van der Waals surface area contributed by atoms with Gasteiger partial charge in [0.05, 0.1) is 23.3 Å². The summed E-state index contributed by atoms with van der Waals surface area (Å²) in [7, 11) is 0. The van der Waals surface area contributed by atoms with Crippen LogP contribution in [0.1, 0.15) is 31.3 Å². The van der Waals surface area contributed by atoms with E-state index < -0.39 is 0 Å². The maximum atomic E-state index is 12.2. The van der Waals surface area contributed by atoms with Gasteiger partial charge in [-0.2, -0.15) is 0 Å². The number of aromatic hydroxyl groups is 1. The lowest BCUT2D eigenvalue weighted by Crippen LogP contribution is -2.27. The zero-order valence-electron chi connectivity index (χ0n) is 14.2. The lowest BCUT2D eigenvalue weighted by Gasteiger charge is -2.14. The van der Waals surface area contributed by atoms with Gasteiger partial charge in [-0.1, -0.05) is 12.1 Å². The van der Waals surface area contributed by atoms with Gasteiger partial charge in [0.25, 0.3) is 0 Å². The van der Waals surface area contributed by atoms with E-state index in [2.05, 4.69) is 26.8 Å². The average molecular weight is 336 g/mol. The van der Waals surface area contributed by atoms with Crippen molar-refractivity contribution in [3.63, 3.8) is 0 Å². The van der Waals surface area contributed by atoms with Gasteiger partial charge < -0.3 is 15.0 Å². The van der Waals surface area contributed by atoms with E-state index in [1.807, 2.05) is 31.2 Å². The fourth-order valence-electron chi connectivity index (χ4n) is 2.79. The van der Waals surface area contributed by atoms with E-state index >= 15 is 0 Å². The van der Waals surface area contributed by atoms with E-state index in [0.717, 1.165) is 23.4 Å². The second kappa shape index (κ2) is 7.17. The number of nitrogens with one attached hydrogen (secondary N) is 1. The van der Waals surface area contributed by atoms with Gasteiger partial charge in [-0.05, 0) is 43.7 Å². The SMILES string of the molecule is CCn1c(C(C)NC(=O)C=Cc2cncc(O)c2)nc2ccccc21. The highest BCUT2D eigenvalue weighted by Crippen LogP contribution is 2.20. The zero-order chi connectivity index (χ0) is 17.8. The minimum Gasteiger partial charge on any atom is -0.506 e. The van der Waals surface area contributed by atoms with Crippen LogP contribution >= 0.6 is 0 Å². The van der Waals surface area contributed by atoms with Crippen molar-refractivity contribution >= 4 is 23.0 Å². The maximum Gasteiger partial charge on any atom is 0.244 e. The van der Waals surface area contributed by atoms with Gasteiger partial charge in [0.2, 0.25) is 5.91 Å². The number of pyridine rings is 1. The summed E-state index contributed by atoms with van der Waals surface area (Å²) in [5.74, 6) is 0.655. The number of carbonyl (C=O) groups is 1. The van der Waals surface area contributed by atoms with Crippen LogP contribution in [0.25, 0.3) is 17.1 Å². The Hall–Kier alpha value is -3.15. The van der Waals surface area contributed by atoms with Crippen LogP contribution in [-0.4, -0.2) is 25.5 Å². The van der Waals surface area contributed by atoms with E-state index in [1.165, 1.54) is 18.3 Å². The summed E-state index contributed by atoms with van der Waals surface area (Å²) in [6, 6.07) is 9.24. The Labute approximate surface area is 145 Å². The third kappa shape index (κ3) is 3.68. The highest BCUT2D eigenvalue weighted by Gasteiger charge is 2.16. The number of nitrogens with zero attached hydrogens (tertiary/aromatic N) is 3. The number of aryl methyl sites for hydroxylation is 1. The van der Waals surface area contributed by atoms with Crippen LogP contribution in [0.15, 0.2) is 48.8 Å². The zero-order valence-corrected chi connectivity index (χ0v) is 14.2. The number of fused-ring (bicyclic) bond motifs is 1. The second-order valence-electron chi connectivity index (χ2n) is 5.74. The summed E-state index contributed by atoms with van der Waals surface area (Å²) in [6.45, 7) is 4.75. The smallest absolute Gasteiger partial charge is 0.244 e. The summed E-state index contributed by atoms with van der Waals surface area (Å²) in [5.41, 5.74) is 2.63. The van der Waals surface area contributed by atoms with Crippen molar-refractivity contribution in [2.75, 3.05) is 0 Å². The normalized spacial score (nSPS) is 12.6. The molecule has 0 fully saturated rings. The van der Waals surface area contributed by atoms with E-state index in [0.29, 0.717) is 5.56 Å². The minimum atomic E-state index is -0.231. The fourth-order valence-corrected chi connectivity index (χ4v) is 2.79. The molecule has 3 aromatic rings. The molecular formula is C19H20N4O2. The van der Waals surface area contributed by atoms with Crippen molar-refractivity contribution in [2.24, 2.45) is 0 Å². The highest BCUT2D eigenvalue weighted by atomic mass is 16.3. The van der Waals surface area contributed by atoms with Crippen molar-refractivity contribution in [3.05, 3.63) is 60.2 Å². The highest BCUT2D eigenvalue weighted by molar-refractivity contribution is 5.92. The van der Waals surface area contributed by atoms with Crippen LogP contribution < -0.4 is 5.32 Å². The first-order valence-corrected chi connectivity index (χ1v) is 8.16. The Morgan fingerprint density at radius 2 is 2.16 bits per heavy atom. The number of benzene rings is 1. The molecule has 2 heterocycles. The van der Waals surface area contributed by atoms with Crippen molar-refractivity contribution in [1.29, 1.82) is 0 Å². The van der Waals surface area contributed by atoms with E-state index in [4.69, 9.17) is 0 Å². The monoisotopic (exact) mass is 336 g/mol. The van der Waals surface area contributed by atoms with Gasteiger partial charge in [0.1, 0.15) is 11.6 Å². The molecule has 0 radical (unpaired) electrons.